The minimum atomic E-state index is -0.0234. The predicted molar refractivity (Wildman–Crippen MR) is 113 cm³/mol. The second-order valence-corrected chi connectivity index (χ2v) is 9.10. The number of likely N-dealkylation sites (N-methyl/N-ethyl adjacent to an activating group) is 1. The Morgan fingerprint density at radius 3 is 2.83 bits per heavy atom. The number of hydrogen-bond acceptors (Lipinski definition) is 5. The average molecular weight is 411 g/mol. The molecule has 5 rings (SSSR count). The van der Waals surface area contributed by atoms with Gasteiger partial charge >= 0.3 is 0 Å². The zero-order chi connectivity index (χ0) is 20.8. The van der Waals surface area contributed by atoms with Crippen LogP contribution >= 0.6 is 0 Å². The molecule has 1 N–H and O–H groups in total. The normalized spacial score (nSPS) is 21.9. The summed E-state index contributed by atoms with van der Waals surface area (Å²) in [5, 5.41) is 0. The van der Waals surface area contributed by atoms with Crippen molar-refractivity contribution in [2.24, 2.45) is 0 Å². The zero-order valence-corrected chi connectivity index (χ0v) is 17.9. The summed E-state index contributed by atoms with van der Waals surface area (Å²) in [5.41, 5.74) is 3.59. The first-order valence-electron chi connectivity index (χ1n) is 11.2. The highest BCUT2D eigenvalue weighted by Crippen LogP contribution is 2.32. The number of rotatable bonds is 2. The van der Waals surface area contributed by atoms with E-state index in [-0.39, 0.29) is 17.4 Å². The quantitative estimate of drug-likeness (QED) is 0.823. The van der Waals surface area contributed by atoms with E-state index < -0.39 is 0 Å². The number of hydrogen-bond donors (Lipinski definition) is 1. The number of furan rings is 1. The van der Waals surface area contributed by atoms with Gasteiger partial charge in [-0.1, -0.05) is 0 Å². The smallest absolute Gasteiger partial charge is 0.257 e. The molecule has 7 heteroatoms. The van der Waals surface area contributed by atoms with Crippen LogP contribution in [0.2, 0.25) is 0 Å². The van der Waals surface area contributed by atoms with Gasteiger partial charge in [-0.3, -0.25) is 9.59 Å². The van der Waals surface area contributed by atoms with Crippen LogP contribution in [0.4, 0.5) is 0 Å². The van der Waals surface area contributed by atoms with E-state index >= 15 is 0 Å². The number of aryl methyl sites for hydroxylation is 2. The SMILES string of the molecule is Cc1oc2c(c1C(=O)N1CCC[C@@H](c3nc4c(c(=O)[nH]3)CN(C)CC4)C1)CCCC2. The number of fused-ring (bicyclic) bond motifs is 2. The molecule has 1 aliphatic carbocycles. The van der Waals surface area contributed by atoms with Gasteiger partial charge in [-0.2, -0.15) is 0 Å². The third-order valence-electron chi connectivity index (χ3n) is 6.93. The number of carbonyl (C=O) groups excluding carboxylic acids is 1. The lowest BCUT2D eigenvalue weighted by Gasteiger charge is -2.33. The summed E-state index contributed by atoms with van der Waals surface area (Å²) in [7, 11) is 2.03. The summed E-state index contributed by atoms with van der Waals surface area (Å²) < 4.78 is 5.94. The molecule has 1 saturated heterocycles. The number of amides is 1. The van der Waals surface area contributed by atoms with E-state index in [1.54, 1.807) is 0 Å². The zero-order valence-electron chi connectivity index (χ0n) is 17.9. The minimum Gasteiger partial charge on any atom is -0.465 e. The van der Waals surface area contributed by atoms with Crippen molar-refractivity contribution < 1.29 is 9.21 Å². The van der Waals surface area contributed by atoms with Crippen molar-refractivity contribution in [1.29, 1.82) is 0 Å². The Bertz CT molecular complexity index is 1040. The first-order chi connectivity index (χ1) is 14.5. The van der Waals surface area contributed by atoms with Crippen LogP contribution < -0.4 is 5.56 Å². The summed E-state index contributed by atoms with van der Waals surface area (Å²) in [4.78, 5) is 38.1. The molecule has 1 atom stereocenters. The number of aromatic amines is 1. The van der Waals surface area contributed by atoms with Crippen LogP contribution in [0.15, 0.2) is 9.21 Å². The number of aromatic nitrogens is 2. The summed E-state index contributed by atoms with van der Waals surface area (Å²) >= 11 is 0. The number of carbonyl (C=O) groups is 1. The molecular weight excluding hydrogens is 380 g/mol. The molecule has 2 aliphatic heterocycles. The van der Waals surface area contributed by atoms with Crippen LogP contribution in [0, 0.1) is 6.92 Å². The molecule has 0 aromatic carbocycles. The highest BCUT2D eigenvalue weighted by molar-refractivity contribution is 5.97. The molecule has 0 spiro atoms. The maximum absolute atomic E-state index is 13.4. The first kappa shape index (κ1) is 19.5. The standard InChI is InChI=1S/C23H30N4O3/c1-14-20(16-7-3-4-8-19(16)30-14)23(29)27-10-5-6-15(12-27)21-24-18-9-11-26(2)13-17(18)22(28)25-21/h15H,3-13H2,1-2H3,(H,24,25,28)/t15-/m1/s1. The van der Waals surface area contributed by atoms with Gasteiger partial charge in [0.05, 0.1) is 16.8 Å². The Morgan fingerprint density at radius 2 is 1.97 bits per heavy atom. The summed E-state index contributed by atoms with van der Waals surface area (Å²) in [6, 6.07) is 0. The number of nitrogens with one attached hydrogen (secondary N) is 1. The number of likely N-dealkylation sites (tertiary alicyclic amines) is 1. The minimum absolute atomic E-state index is 0.0234. The van der Waals surface area contributed by atoms with Crippen molar-refractivity contribution in [1.82, 2.24) is 19.8 Å². The molecule has 7 nitrogen and oxygen atoms in total. The van der Waals surface area contributed by atoms with Gasteiger partial charge in [0.2, 0.25) is 0 Å². The Balaban J connectivity index is 1.39. The van der Waals surface area contributed by atoms with Gasteiger partial charge in [0, 0.05) is 50.5 Å². The lowest BCUT2D eigenvalue weighted by molar-refractivity contribution is 0.0701. The Hall–Kier alpha value is -2.41. The Morgan fingerprint density at radius 1 is 1.13 bits per heavy atom. The maximum atomic E-state index is 13.4. The summed E-state index contributed by atoms with van der Waals surface area (Å²) in [6.07, 6.45) is 6.77. The molecule has 160 valence electrons. The molecule has 0 unspecified atom stereocenters. The molecule has 0 bridgehead atoms. The van der Waals surface area contributed by atoms with E-state index in [1.807, 2.05) is 18.9 Å². The highest BCUT2D eigenvalue weighted by Gasteiger charge is 2.32. The third kappa shape index (κ3) is 3.39. The van der Waals surface area contributed by atoms with Gasteiger partial charge in [-0.15, -0.1) is 0 Å². The van der Waals surface area contributed by atoms with Crippen LogP contribution in [-0.2, 0) is 25.8 Å². The fourth-order valence-electron chi connectivity index (χ4n) is 5.30. The molecular formula is C23H30N4O3. The fraction of sp³-hybridized carbons (Fsp3) is 0.609. The third-order valence-corrected chi connectivity index (χ3v) is 6.93. The molecule has 1 fully saturated rings. The van der Waals surface area contributed by atoms with Gasteiger partial charge < -0.3 is 19.2 Å². The van der Waals surface area contributed by atoms with Crippen molar-refractivity contribution in [2.45, 2.75) is 64.3 Å². The van der Waals surface area contributed by atoms with Gasteiger partial charge in [0.1, 0.15) is 17.3 Å². The van der Waals surface area contributed by atoms with E-state index in [1.165, 1.54) is 0 Å². The lowest BCUT2D eigenvalue weighted by atomic mass is 9.92. The second-order valence-electron chi connectivity index (χ2n) is 9.10. The Labute approximate surface area is 176 Å². The lowest BCUT2D eigenvalue weighted by Crippen LogP contribution is -2.41. The maximum Gasteiger partial charge on any atom is 0.257 e. The average Bonchev–Trinajstić information content (AvgIpc) is 3.09. The van der Waals surface area contributed by atoms with Gasteiger partial charge in [-0.25, -0.2) is 4.98 Å². The molecule has 2 aromatic heterocycles. The van der Waals surface area contributed by atoms with Crippen molar-refractivity contribution in [3.8, 4) is 0 Å². The molecule has 3 aliphatic rings. The number of piperidine rings is 1. The van der Waals surface area contributed by atoms with E-state index in [2.05, 4.69) is 9.88 Å². The van der Waals surface area contributed by atoms with Crippen LogP contribution in [0.3, 0.4) is 0 Å². The summed E-state index contributed by atoms with van der Waals surface area (Å²) in [5.74, 6) is 2.64. The Kier molecular flexibility index (Phi) is 5.01. The van der Waals surface area contributed by atoms with Crippen LogP contribution in [-0.4, -0.2) is 52.4 Å². The van der Waals surface area contributed by atoms with Gasteiger partial charge in [-0.05, 0) is 46.1 Å². The van der Waals surface area contributed by atoms with Gasteiger partial charge in [0.25, 0.3) is 11.5 Å². The molecule has 2 aromatic rings. The second kappa shape index (κ2) is 7.69. The molecule has 0 saturated carbocycles. The van der Waals surface area contributed by atoms with Crippen LogP contribution in [0.1, 0.15) is 76.1 Å². The first-order valence-corrected chi connectivity index (χ1v) is 11.2. The number of H-pyrrole nitrogens is 1. The van der Waals surface area contributed by atoms with E-state index in [4.69, 9.17) is 9.40 Å². The topological polar surface area (TPSA) is 82.4 Å². The fourth-order valence-corrected chi connectivity index (χ4v) is 5.30. The summed E-state index contributed by atoms with van der Waals surface area (Å²) in [6.45, 7) is 4.82. The van der Waals surface area contributed by atoms with E-state index in [9.17, 15) is 9.59 Å². The van der Waals surface area contributed by atoms with Gasteiger partial charge in [0.15, 0.2) is 0 Å². The van der Waals surface area contributed by atoms with Crippen molar-refractivity contribution >= 4 is 5.91 Å². The van der Waals surface area contributed by atoms with E-state index in [0.29, 0.717) is 13.1 Å². The molecule has 30 heavy (non-hydrogen) atoms. The molecule has 0 radical (unpaired) electrons. The predicted octanol–water partition coefficient (Wildman–Crippen LogP) is 2.56. The molecule has 1 amide bonds. The van der Waals surface area contributed by atoms with Crippen molar-refractivity contribution in [3.63, 3.8) is 0 Å². The largest absolute Gasteiger partial charge is 0.465 e. The molecule has 4 heterocycles. The van der Waals surface area contributed by atoms with Crippen LogP contribution in [0.25, 0.3) is 0 Å². The monoisotopic (exact) mass is 410 g/mol. The highest BCUT2D eigenvalue weighted by atomic mass is 16.3. The van der Waals surface area contributed by atoms with Crippen molar-refractivity contribution in [2.75, 3.05) is 26.7 Å². The van der Waals surface area contributed by atoms with Crippen LogP contribution in [0.5, 0.6) is 0 Å². The van der Waals surface area contributed by atoms with E-state index in [0.717, 1.165) is 97.8 Å². The van der Waals surface area contributed by atoms with Crippen molar-refractivity contribution in [3.05, 3.63) is 50.1 Å². The number of nitrogens with zero attached hydrogens (tertiary/aromatic N) is 3.